The fraction of sp³-hybridized carbons (Fsp3) is 0.125. The van der Waals surface area contributed by atoms with Crippen molar-refractivity contribution in [2.24, 2.45) is 0 Å². The lowest BCUT2D eigenvalue weighted by atomic mass is 10.1. The minimum atomic E-state index is -4.96. The molecule has 0 radical (unpaired) electrons. The highest BCUT2D eigenvalue weighted by atomic mass is 32.1. The molecule has 124 valence electrons. The average molecular weight is 352 g/mol. The Balaban J connectivity index is 1.94. The molecule has 0 atom stereocenters. The number of Topliss-reactive ketones (excluding diaryl/α,β-unsaturated/α-hetero) is 1. The van der Waals surface area contributed by atoms with E-state index < -0.39 is 17.5 Å². The third-order valence-electron chi connectivity index (χ3n) is 3.39. The number of thiophene rings is 1. The summed E-state index contributed by atoms with van der Waals surface area (Å²) in [6.07, 6.45) is -3.89. The van der Waals surface area contributed by atoms with E-state index in [0.29, 0.717) is 10.5 Å². The highest BCUT2D eigenvalue weighted by Crippen LogP contribution is 2.28. The Morgan fingerprint density at radius 2 is 1.88 bits per heavy atom. The number of hydrogen-bond donors (Lipinski definition) is 1. The number of amides is 1. The lowest BCUT2D eigenvalue weighted by Crippen LogP contribution is -2.22. The molecule has 1 amide bonds. The molecule has 1 aromatic carbocycles. The van der Waals surface area contributed by atoms with Crippen LogP contribution in [-0.4, -0.2) is 22.4 Å². The van der Waals surface area contributed by atoms with Gasteiger partial charge in [0, 0.05) is 17.1 Å². The second-order valence-corrected chi connectivity index (χ2v) is 5.99. The Kier molecular flexibility index (Phi) is 4.15. The van der Waals surface area contributed by atoms with Crippen LogP contribution in [0.5, 0.6) is 0 Å². The number of halogens is 3. The molecule has 0 saturated heterocycles. The molecule has 24 heavy (non-hydrogen) atoms. The maximum atomic E-state index is 12.7. The first kappa shape index (κ1) is 16.3. The van der Waals surface area contributed by atoms with Gasteiger partial charge < -0.3 is 9.88 Å². The van der Waals surface area contributed by atoms with Crippen LogP contribution in [0.15, 0.2) is 48.0 Å². The van der Waals surface area contributed by atoms with Crippen molar-refractivity contribution in [1.82, 2.24) is 4.57 Å². The predicted molar refractivity (Wildman–Crippen MR) is 85.3 cm³/mol. The first-order valence-electron chi connectivity index (χ1n) is 6.89. The van der Waals surface area contributed by atoms with Crippen LogP contribution >= 0.6 is 11.3 Å². The molecule has 2 aromatic heterocycles. The maximum absolute atomic E-state index is 12.7. The van der Waals surface area contributed by atoms with E-state index in [0.717, 1.165) is 6.20 Å². The summed E-state index contributed by atoms with van der Waals surface area (Å²) in [5, 5.41) is 5.26. The SMILES string of the molecule is O=C(Cn1cc(C(=O)C(F)(F)F)c2ccccc21)Nc1cccs1. The fourth-order valence-electron chi connectivity index (χ4n) is 2.39. The third-order valence-corrected chi connectivity index (χ3v) is 4.17. The Labute approximate surface area is 138 Å². The van der Waals surface area contributed by atoms with Crippen LogP contribution in [0.1, 0.15) is 10.4 Å². The zero-order valence-electron chi connectivity index (χ0n) is 12.1. The van der Waals surface area contributed by atoms with Crippen molar-refractivity contribution in [2.75, 3.05) is 5.32 Å². The van der Waals surface area contributed by atoms with Crippen molar-refractivity contribution < 1.29 is 22.8 Å². The molecule has 2 heterocycles. The van der Waals surface area contributed by atoms with E-state index in [2.05, 4.69) is 5.32 Å². The first-order valence-corrected chi connectivity index (χ1v) is 7.77. The van der Waals surface area contributed by atoms with Gasteiger partial charge in [0.05, 0.1) is 10.6 Å². The van der Waals surface area contributed by atoms with Gasteiger partial charge in [-0.05, 0) is 23.6 Å². The number of anilines is 1. The number of alkyl halides is 3. The third kappa shape index (κ3) is 3.18. The topological polar surface area (TPSA) is 51.1 Å². The molecule has 0 aliphatic heterocycles. The van der Waals surface area contributed by atoms with E-state index in [9.17, 15) is 22.8 Å². The summed E-state index contributed by atoms with van der Waals surface area (Å²) in [5.74, 6) is -2.31. The summed E-state index contributed by atoms with van der Waals surface area (Å²) in [5.41, 5.74) is -0.0616. The second-order valence-electron chi connectivity index (χ2n) is 5.04. The number of rotatable bonds is 4. The van der Waals surface area contributed by atoms with Gasteiger partial charge in [-0.2, -0.15) is 13.2 Å². The summed E-state index contributed by atoms with van der Waals surface area (Å²) >= 11 is 1.33. The fourth-order valence-corrected chi connectivity index (χ4v) is 3.03. The number of nitrogens with one attached hydrogen (secondary N) is 1. The molecule has 0 unspecified atom stereocenters. The van der Waals surface area contributed by atoms with Gasteiger partial charge in [0.25, 0.3) is 5.78 Å². The van der Waals surface area contributed by atoms with Crippen LogP contribution in [0.4, 0.5) is 18.2 Å². The van der Waals surface area contributed by atoms with Gasteiger partial charge in [-0.1, -0.05) is 18.2 Å². The van der Waals surface area contributed by atoms with Crippen molar-refractivity contribution in [2.45, 2.75) is 12.7 Å². The Hall–Kier alpha value is -2.61. The van der Waals surface area contributed by atoms with Gasteiger partial charge in [-0.3, -0.25) is 9.59 Å². The molecule has 0 aliphatic carbocycles. The molecular weight excluding hydrogens is 341 g/mol. The highest BCUT2D eigenvalue weighted by molar-refractivity contribution is 7.14. The number of carbonyl (C=O) groups excluding carboxylic acids is 2. The zero-order valence-corrected chi connectivity index (χ0v) is 12.9. The Bertz CT molecular complexity index is 898. The van der Waals surface area contributed by atoms with Gasteiger partial charge in [0.2, 0.25) is 5.91 Å². The summed E-state index contributed by atoms with van der Waals surface area (Å²) < 4.78 is 39.6. The van der Waals surface area contributed by atoms with Gasteiger partial charge in [-0.15, -0.1) is 11.3 Å². The van der Waals surface area contributed by atoms with Gasteiger partial charge >= 0.3 is 6.18 Å². The summed E-state index contributed by atoms with van der Waals surface area (Å²) in [4.78, 5) is 23.7. The van der Waals surface area contributed by atoms with E-state index in [1.54, 1.807) is 35.7 Å². The number of nitrogens with zero attached hydrogens (tertiary/aromatic N) is 1. The van der Waals surface area contributed by atoms with Crippen molar-refractivity contribution >= 4 is 38.9 Å². The molecule has 0 aliphatic rings. The quantitative estimate of drug-likeness (QED) is 0.719. The largest absolute Gasteiger partial charge is 0.454 e. The average Bonchev–Trinajstić information content (AvgIpc) is 3.14. The van der Waals surface area contributed by atoms with E-state index in [-0.39, 0.29) is 17.8 Å². The normalized spacial score (nSPS) is 11.6. The number of carbonyl (C=O) groups is 2. The maximum Gasteiger partial charge on any atom is 0.454 e. The zero-order chi connectivity index (χ0) is 17.3. The molecule has 0 spiro atoms. The molecular formula is C16H11F3N2O2S. The second kappa shape index (κ2) is 6.12. The lowest BCUT2D eigenvalue weighted by Gasteiger charge is -2.05. The number of para-hydroxylation sites is 1. The minimum Gasteiger partial charge on any atom is -0.337 e. The summed E-state index contributed by atoms with van der Waals surface area (Å²) in [7, 11) is 0. The van der Waals surface area contributed by atoms with Crippen LogP contribution in [0.2, 0.25) is 0 Å². The van der Waals surface area contributed by atoms with Crippen molar-refractivity contribution in [3.05, 3.63) is 53.5 Å². The number of benzene rings is 1. The molecule has 1 N–H and O–H groups in total. The van der Waals surface area contributed by atoms with E-state index in [1.165, 1.54) is 22.0 Å². The highest BCUT2D eigenvalue weighted by Gasteiger charge is 2.40. The van der Waals surface area contributed by atoms with Crippen LogP contribution < -0.4 is 5.32 Å². The van der Waals surface area contributed by atoms with Crippen molar-refractivity contribution in [3.63, 3.8) is 0 Å². The molecule has 3 aromatic rings. The van der Waals surface area contributed by atoms with Crippen molar-refractivity contribution in [3.8, 4) is 0 Å². The van der Waals surface area contributed by atoms with Gasteiger partial charge in [0.1, 0.15) is 6.54 Å². The number of aromatic nitrogens is 1. The minimum absolute atomic E-state index is 0.170. The van der Waals surface area contributed by atoms with E-state index >= 15 is 0 Å². The van der Waals surface area contributed by atoms with Gasteiger partial charge in [-0.25, -0.2) is 0 Å². The predicted octanol–water partition coefficient (Wildman–Crippen LogP) is 4.09. The molecule has 8 heteroatoms. The monoisotopic (exact) mass is 352 g/mol. The Morgan fingerprint density at radius 3 is 2.54 bits per heavy atom. The van der Waals surface area contributed by atoms with E-state index in [4.69, 9.17) is 0 Å². The van der Waals surface area contributed by atoms with Crippen LogP contribution in [-0.2, 0) is 11.3 Å². The molecule has 0 bridgehead atoms. The summed E-state index contributed by atoms with van der Waals surface area (Å²) in [6, 6.07) is 9.67. The number of fused-ring (bicyclic) bond motifs is 1. The molecule has 3 rings (SSSR count). The lowest BCUT2D eigenvalue weighted by molar-refractivity contribution is -0.116. The molecule has 0 saturated carbocycles. The molecule has 0 fully saturated rings. The first-order chi connectivity index (χ1) is 11.4. The van der Waals surface area contributed by atoms with Gasteiger partial charge in [0.15, 0.2) is 0 Å². The van der Waals surface area contributed by atoms with Crippen LogP contribution in [0.25, 0.3) is 10.9 Å². The van der Waals surface area contributed by atoms with Crippen LogP contribution in [0.3, 0.4) is 0 Å². The molecule has 4 nitrogen and oxygen atoms in total. The van der Waals surface area contributed by atoms with E-state index in [1.807, 2.05) is 0 Å². The smallest absolute Gasteiger partial charge is 0.337 e. The van der Waals surface area contributed by atoms with Crippen molar-refractivity contribution in [1.29, 1.82) is 0 Å². The number of hydrogen-bond acceptors (Lipinski definition) is 3. The standard InChI is InChI=1S/C16H11F3N2O2S/c17-16(18,19)15(23)11-8-21(12-5-2-1-4-10(11)12)9-13(22)20-14-6-3-7-24-14/h1-8H,9H2,(H,20,22). The van der Waals surface area contributed by atoms with Crippen LogP contribution in [0, 0.1) is 0 Å². The Morgan fingerprint density at radius 1 is 1.12 bits per heavy atom. The number of ketones is 1. The summed E-state index contributed by atoms with van der Waals surface area (Å²) in [6.45, 7) is -0.191.